The molecule has 0 aliphatic heterocycles. The van der Waals surface area contributed by atoms with Gasteiger partial charge in [-0.05, 0) is 0 Å². The molecule has 0 radical (unpaired) electrons. The lowest BCUT2D eigenvalue weighted by molar-refractivity contribution is -0.392. The van der Waals surface area contributed by atoms with Crippen molar-refractivity contribution in [3.63, 3.8) is 0 Å². The van der Waals surface area contributed by atoms with Gasteiger partial charge in [-0.3, -0.25) is 0 Å². The lowest BCUT2D eigenvalue weighted by Crippen LogP contribution is -2.11. The molecular weight excluding hydrogens is 128 g/mol. The topological polar surface area (TPSA) is 50.2 Å². The zero-order chi connectivity index (χ0) is 7.78. The highest BCUT2D eigenvalue weighted by atomic mass is 16.3. The van der Waals surface area contributed by atoms with Crippen molar-refractivity contribution >= 4 is 0 Å². The number of aromatic amines is 2. The number of H-pyrrole nitrogens is 2. The molecule has 10 heavy (non-hydrogen) atoms. The summed E-state index contributed by atoms with van der Waals surface area (Å²) in [6.07, 6.45) is 1.77. The van der Waals surface area contributed by atoms with Crippen molar-refractivity contribution in [3.05, 3.63) is 11.9 Å². The third-order valence-electron chi connectivity index (χ3n) is 1.41. The Labute approximate surface area is 60.1 Å². The van der Waals surface area contributed by atoms with E-state index in [1.165, 1.54) is 0 Å². The van der Waals surface area contributed by atoms with E-state index in [4.69, 9.17) is 5.11 Å². The molecule has 0 aliphatic carbocycles. The molecule has 0 fully saturated rings. The lowest BCUT2D eigenvalue weighted by atomic mass is 9.93. The summed E-state index contributed by atoms with van der Waals surface area (Å²) < 4.78 is 0. The fourth-order valence-corrected chi connectivity index (χ4v) is 0.744. The Morgan fingerprint density at radius 2 is 2.10 bits per heavy atom. The summed E-state index contributed by atoms with van der Waals surface area (Å²) in [5.74, 6) is 0. The van der Waals surface area contributed by atoms with E-state index in [2.05, 4.69) is 30.7 Å². The van der Waals surface area contributed by atoms with Gasteiger partial charge in [0.2, 0.25) is 0 Å². The number of imidazole rings is 1. The number of aromatic hydroxyl groups is 1. The lowest BCUT2D eigenvalue weighted by Gasteiger charge is -2.10. The molecule has 1 aromatic rings. The first kappa shape index (κ1) is 7.12. The van der Waals surface area contributed by atoms with Gasteiger partial charge in [0.1, 0.15) is 11.9 Å². The number of hydrogen-bond acceptors (Lipinski definition) is 1. The molecule has 0 atom stereocenters. The standard InChI is InChI=1S/C7H12N2O/c1-7(2,3)5-4-8-6(10)9-5/h4H,1-3H3,(H2,8,9,10)/p+1. The molecular formula is C7H13N2O+. The highest BCUT2D eigenvalue weighted by Gasteiger charge is 2.20. The summed E-state index contributed by atoms with van der Waals surface area (Å²) in [6, 6.07) is 0.116. The Balaban J connectivity index is 2.96. The van der Waals surface area contributed by atoms with E-state index in [9.17, 15) is 0 Å². The first-order valence-corrected chi connectivity index (χ1v) is 3.30. The predicted molar refractivity (Wildman–Crippen MR) is 37.7 cm³/mol. The predicted octanol–water partition coefficient (Wildman–Crippen LogP) is 0.832. The fraction of sp³-hybridized carbons (Fsp3) is 0.571. The van der Waals surface area contributed by atoms with Crippen LogP contribution in [0.15, 0.2) is 6.20 Å². The first-order valence-electron chi connectivity index (χ1n) is 3.30. The molecule has 1 heterocycles. The van der Waals surface area contributed by atoms with Crippen LogP contribution in [0.5, 0.6) is 6.01 Å². The molecule has 3 nitrogen and oxygen atoms in total. The average molecular weight is 141 g/mol. The van der Waals surface area contributed by atoms with Crippen molar-refractivity contribution in [1.82, 2.24) is 4.98 Å². The third-order valence-corrected chi connectivity index (χ3v) is 1.41. The van der Waals surface area contributed by atoms with E-state index in [1.807, 2.05) is 0 Å². The van der Waals surface area contributed by atoms with Crippen LogP contribution in [0.1, 0.15) is 26.5 Å². The normalized spacial score (nSPS) is 11.9. The van der Waals surface area contributed by atoms with E-state index in [-0.39, 0.29) is 11.4 Å². The Bertz CT molecular complexity index is 222. The van der Waals surface area contributed by atoms with Crippen molar-refractivity contribution in [1.29, 1.82) is 0 Å². The quantitative estimate of drug-likeness (QED) is 0.552. The average Bonchev–Trinajstić information content (AvgIpc) is 2.11. The van der Waals surface area contributed by atoms with Crippen molar-refractivity contribution in [3.8, 4) is 6.01 Å². The number of nitrogens with one attached hydrogen (secondary N) is 2. The smallest absolute Gasteiger partial charge is 0.447 e. The van der Waals surface area contributed by atoms with Crippen molar-refractivity contribution < 1.29 is 10.1 Å². The van der Waals surface area contributed by atoms with Crippen LogP contribution in [-0.4, -0.2) is 10.1 Å². The Morgan fingerprint density at radius 1 is 1.50 bits per heavy atom. The Hall–Kier alpha value is -0.990. The van der Waals surface area contributed by atoms with Gasteiger partial charge in [0.25, 0.3) is 0 Å². The minimum absolute atomic E-state index is 0.0669. The second-order valence-electron chi connectivity index (χ2n) is 3.43. The van der Waals surface area contributed by atoms with E-state index in [1.54, 1.807) is 6.20 Å². The van der Waals surface area contributed by atoms with Crippen molar-refractivity contribution in [2.45, 2.75) is 26.2 Å². The van der Waals surface area contributed by atoms with Crippen LogP contribution in [0.2, 0.25) is 0 Å². The monoisotopic (exact) mass is 141 g/mol. The van der Waals surface area contributed by atoms with Gasteiger partial charge in [-0.25, -0.2) is 9.97 Å². The molecule has 3 N–H and O–H groups in total. The fourth-order valence-electron chi connectivity index (χ4n) is 0.744. The maximum atomic E-state index is 8.91. The molecule has 0 spiro atoms. The summed E-state index contributed by atoms with van der Waals surface area (Å²) in [6.45, 7) is 6.23. The van der Waals surface area contributed by atoms with Crippen LogP contribution in [0.25, 0.3) is 0 Å². The highest BCUT2D eigenvalue weighted by Crippen LogP contribution is 2.19. The van der Waals surface area contributed by atoms with Crippen LogP contribution in [-0.2, 0) is 5.41 Å². The SMILES string of the molecule is CC(C)(C)c1c[nH+]c(O)[nH]1. The largest absolute Gasteiger partial charge is 0.449 e. The number of aromatic nitrogens is 2. The zero-order valence-corrected chi connectivity index (χ0v) is 6.52. The molecule has 0 amide bonds. The number of hydrogen-bond donors (Lipinski definition) is 2. The van der Waals surface area contributed by atoms with Crippen LogP contribution < -0.4 is 4.98 Å². The van der Waals surface area contributed by atoms with Crippen LogP contribution in [0.4, 0.5) is 0 Å². The maximum absolute atomic E-state index is 8.91. The molecule has 56 valence electrons. The van der Waals surface area contributed by atoms with Gasteiger partial charge in [-0.2, -0.15) is 0 Å². The second kappa shape index (κ2) is 2.01. The Morgan fingerprint density at radius 3 is 2.30 bits per heavy atom. The molecule has 0 saturated carbocycles. The van der Waals surface area contributed by atoms with Crippen molar-refractivity contribution in [2.75, 3.05) is 0 Å². The summed E-state index contributed by atoms with van der Waals surface area (Å²) in [5, 5.41) is 8.91. The first-order chi connectivity index (χ1) is 4.50. The van der Waals surface area contributed by atoms with Gasteiger partial charge in [0, 0.05) is 5.41 Å². The van der Waals surface area contributed by atoms with Crippen LogP contribution in [0, 0.1) is 0 Å². The molecule has 0 unspecified atom stereocenters. The van der Waals surface area contributed by atoms with E-state index < -0.39 is 0 Å². The molecule has 0 saturated heterocycles. The van der Waals surface area contributed by atoms with E-state index in [0.29, 0.717) is 0 Å². The highest BCUT2D eigenvalue weighted by molar-refractivity contribution is 5.07. The van der Waals surface area contributed by atoms with E-state index >= 15 is 0 Å². The summed E-state index contributed by atoms with van der Waals surface area (Å²) >= 11 is 0. The second-order valence-corrected chi connectivity index (χ2v) is 3.43. The number of rotatable bonds is 0. The van der Waals surface area contributed by atoms with Gasteiger partial charge in [0.15, 0.2) is 0 Å². The maximum Gasteiger partial charge on any atom is 0.449 e. The van der Waals surface area contributed by atoms with Gasteiger partial charge >= 0.3 is 6.01 Å². The minimum Gasteiger partial charge on any atom is -0.447 e. The van der Waals surface area contributed by atoms with Gasteiger partial charge in [-0.15, -0.1) is 0 Å². The molecule has 0 aromatic carbocycles. The van der Waals surface area contributed by atoms with Gasteiger partial charge in [0.05, 0.1) is 0 Å². The summed E-state index contributed by atoms with van der Waals surface area (Å²) in [5.41, 5.74) is 1.07. The summed E-state index contributed by atoms with van der Waals surface area (Å²) in [4.78, 5) is 5.49. The van der Waals surface area contributed by atoms with E-state index in [0.717, 1.165) is 5.69 Å². The van der Waals surface area contributed by atoms with Crippen molar-refractivity contribution in [2.24, 2.45) is 0 Å². The molecule has 1 aromatic heterocycles. The van der Waals surface area contributed by atoms with Gasteiger partial charge < -0.3 is 5.11 Å². The molecule has 3 heteroatoms. The third kappa shape index (κ3) is 1.29. The molecule has 0 aliphatic rings. The van der Waals surface area contributed by atoms with Crippen LogP contribution >= 0.6 is 0 Å². The van der Waals surface area contributed by atoms with Gasteiger partial charge in [-0.1, -0.05) is 20.8 Å². The summed E-state index contributed by atoms with van der Waals surface area (Å²) in [7, 11) is 0. The zero-order valence-electron chi connectivity index (χ0n) is 6.52. The Kier molecular flexibility index (Phi) is 1.43. The molecule has 1 rings (SSSR count). The minimum atomic E-state index is 0.0669. The molecule has 0 bridgehead atoms. The van der Waals surface area contributed by atoms with Crippen LogP contribution in [0.3, 0.4) is 0 Å².